The third-order valence-corrected chi connectivity index (χ3v) is 4.14. The molecule has 0 bridgehead atoms. The number of urea groups is 1. The molecule has 0 fully saturated rings. The number of ether oxygens (including phenoxy) is 2. The monoisotopic (exact) mass is 372 g/mol. The van der Waals surface area contributed by atoms with Crippen LogP contribution in [0.3, 0.4) is 0 Å². The van der Waals surface area contributed by atoms with Gasteiger partial charge in [-0.1, -0.05) is 19.9 Å². The van der Waals surface area contributed by atoms with E-state index in [2.05, 4.69) is 34.4 Å². The van der Waals surface area contributed by atoms with E-state index >= 15 is 0 Å². The Labute approximate surface area is 160 Å². The number of aryl methyl sites for hydroxylation is 1. The molecule has 0 aliphatic carbocycles. The summed E-state index contributed by atoms with van der Waals surface area (Å²) < 4.78 is 11.1. The first-order valence-electron chi connectivity index (χ1n) is 9.11. The van der Waals surface area contributed by atoms with Crippen LogP contribution in [0.1, 0.15) is 19.4 Å². The highest BCUT2D eigenvalue weighted by molar-refractivity contribution is 5.89. The molecule has 0 unspecified atom stereocenters. The Morgan fingerprint density at radius 3 is 2.56 bits per heavy atom. The van der Waals surface area contributed by atoms with Crippen LogP contribution in [0.15, 0.2) is 36.5 Å². The zero-order valence-electron chi connectivity index (χ0n) is 16.4. The van der Waals surface area contributed by atoms with Gasteiger partial charge < -0.3 is 25.0 Å². The number of hydrogen-bond acceptors (Lipinski definition) is 5. The molecular formula is C20H28N4O3. The quantitative estimate of drug-likeness (QED) is 0.703. The van der Waals surface area contributed by atoms with Gasteiger partial charge in [0.25, 0.3) is 0 Å². The second kappa shape index (κ2) is 10.4. The number of hydrogen-bond donors (Lipinski definition) is 2. The van der Waals surface area contributed by atoms with Crippen molar-refractivity contribution in [3.8, 4) is 17.4 Å². The fourth-order valence-corrected chi connectivity index (χ4v) is 2.53. The Bertz CT molecular complexity index is 731. The largest absolute Gasteiger partial charge is 0.493 e. The molecule has 2 amide bonds. The van der Waals surface area contributed by atoms with E-state index < -0.39 is 0 Å². The highest BCUT2D eigenvalue weighted by Crippen LogP contribution is 2.31. The van der Waals surface area contributed by atoms with Crippen molar-refractivity contribution in [1.82, 2.24) is 15.2 Å². The summed E-state index contributed by atoms with van der Waals surface area (Å²) >= 11 is 0. The van der Waals surface area contributed by atoms with Crippen LogP contribution in [0, 0.1) is 6.92 Å². The molecule has 2 rings (SSSR count). The molecule has 0 saturated heterocycles. The number of nitrogens with one attached hydrogen (secondary N) is 2. The van der Waals surface area contributed by atoms with E-state index in [0.29, 0.717) is 29.6 Å². The fourth-order valence-electron chi connectivity index (χ4n) is 2.53. The Kier molecular flexibility index (Phi) is 7.88. The van der Waals surface area contributed by atoms with Gasteiger partial charge in [-0.3, -0.25) is 0 Å². The van der Waals surface area contributed by atoms with E-state index in [9.17, 15) is 4.79 Å². The molecule has 0 atom stereocenters. The number of aromatic nitrogens is 1. The Morgan fingerprint density at radius 2 is 1.93 bits per heavy atom. The summed E-state index contributed by atoms with van der Waals surface area (Å²) in [6.45, 7) is 9.54. The van der Waals surface area contributed by atoms with Gasteiger partial charge in [-0.05, 0) is 43.8 Å². The molecule has 27 heavy (non-hydrogen) atoms. The third-order valence-electron chi connectivity index (χ3n) is 4.14. The molecule has 2 N–H and O–H groups in total. The van der Waals surface area contributed by atoms with E-state index in [1.54, 1.807) is 25.4 Å². The molecule has 1 aromatic heterocycles. The number of carbonyl (C=O) groups is 1. The highest BCUT2D eigenvalue weighted by Gasteiger charge is 2.08. The Hall–Kier alpha value is -2.80. The lowest BCUT2D eigenvalue weighted by molar-refractivity contribution is 0.248. The number of likely N-dealkylation sites (N-methyl/N-ethyl adjacent to an activating group) is 1. The number of nitrogens with zero attached hydrogens (tertiary/aromatic N) is 2. The van der Waals surface area contributed by atoms with Crippen molar-refractivity contribution in [2.75, 3.05) is 38.6 Å². The molecule has 1 aromatic carbocycles. The van der Waals surface area contributed by atoms with Crippen molar-refractivity contribution < 1.29 is 14.3 Å². The van der Waals surface area contributed by atoms with E-state index in [-0.39, 0.29) is 6.03 Å². The van der Waals surface area contributed by atoms with Crippen molar-refractivity contribution in [2.45, 2.75) is 20.8 Å². The number of carbonyl (C=O) groups excluding carboxylic acids is 1. The van der Waals surface area contributed by atoms with Gasteiger partial charge in [0.05, 0.1) is 19.0 Å². The summed E-state index contributed by atoms with van der Waals surface area (Å²) in [5.74, 6) is 1.65. The van der Waals surface area contributed by atoms with Crippen LogP contribution in [-0.4, -0.2) is 49.2 Å². The van der Waals surface area contributed by atoms with Gasteiger partial charge in [0, 0.05) is 19.2 Å². The minimum atomic E-state index is -0.252. The van der Waals surface area contributed by atoms with E-state index in [0.717, 1.165) is 25.2 Å². The smallest absolute Gasteiger partial charge is 0.319 e. The zero-order chi connectivity index (χ0) is 19.6. The van der Waals surface area contributed by atoms with Crippen molar-refractivity contribution in [2.24, 2.45) is 0 Å². The van der Waals surface area contributed by atoms with Crippen LogP contribution in [0.5, 0.6) is 17.4 Å². The summed E-state index contributed by atoms with van der Waals surface area (Å²) in [5, 5.41) is 5.60. The van der Waals surface area contributed by atoms with E-state index in [4.69, 9.17) is 9.47 Å². The van der Waals surface area contributed by atoms with Gasteiger partial charge in [0.15, 0.2) is 11.5 Å². The fraction of sp³-hybridized carbons (Fsp3) is 0.400. The molecule has 7 nitrogen and oxygen atoms in total. The second-order valence-corrected chi connectivity index (χ2v) is 6.05. The second-order valence-electron chi connectivity index (χ2n) is 6.05. The van der Waals surface area contributed by atoms with Crippen LogP contribution in [0.4, 0.5) is 10.5 Å². The topological polar surface area (TPSA) is 75.7 Å². The van der Waals surface area contributed by atoms with Crippen LogP contribution >= 0.6 is 0 Å². The lowest BCUT2D eigenvalue weighted by Gasteiger charge is -2.18. The minimum absolute atomic E-state index is 0.252. The maximum atomic E-state index is 11.9. The van der Waals surface area contributed by atoms with Gasteiger partial charge >= 0.3 is 6.03 Å². The lowest BCUT2D eigenvalue weighted by Crippen LogP contribution is -2.36. The molecule has 0 aliphatic rings. The summed E-state index contributed by atoms with van der Waals surface area (Å²) in [6.07, 6.45) is 1.56. The van der Waals surface area contributed by atoms with Gasteiger partial charge in [-0.2, -0.15) is 0 Å². The van der Waals surface area contributed by atoms with Gasteiger partial charge in [-0.25, -0.2) is 9.78 Å². The van der Waals surface area contributed by atoms with Crippen LogP contribution in [0.2, 0.25) is 0 Å². The van der Waals surface area contributed by atoms with Crippen LogP contribution < -0.4 is 20.1 Å². The number of rotatable bonds is 9. The molecule has 0 radical (unpaired) electrons. The summed E-state index contributed by atoms with van der Waals surface area (Å²) in [6, 6.07) is 8.87. The average molecular weight is 372 g/mol. The van der Waals surface area contributed by atoms with Crippen LogP contribution in [0.25, 0.3) is 0 Å². The normalized spacial score (nSPS) is 10.6. The van der Waals surface area contributed by atoms with Crippen molar-refractivity contribution in [1.29, 1.82) is 0 Å². The maximum Gasteiger partial charge on any atom is 0.319 e. The predicted molar refractivity (Wildman–Crippen MR) is 107 cm³/mol. The number of pyridine rings is 1. The highest BCUT2D eigenvalue weighted by atomic mass is 16.5. The third kappa shape index (κ3) is 6.45. The molecule has 2 aromatic rings. The number of amides is 2. The van der Waals surface area contributed by atoms with E-state index in [1.807, 2.05) is 25.1 Å². The summed E-state index contributed by atoms with van der Waals surface area (Å²) in [5.41, 5.74) is 1.68. The lowest BCUT2D eigenvalue weighted by atomic mass is 10.2. The Morgan fingerprint density at radius 1 is 1.15 bits per heavy atom. The Balaban J connectivity index is 1.87. The molecule has 1 heterocycles. The SMILES string of the molecule is CCN(CC)CCNC(=O)Nc1ccc(Oc2ccc(C)cc2OC)nc1. The minimum Gasteiger partial charge on any atom is -0.493 e. The standard InChI is InChI=1S/C20H28N4O3/c1-5-24(6-2)12-11-21-20(25)23-16-8-10-19(22-14-16)27-17-9-7-15(3)13-18(17)26-4/h7-10,13-14H,5-6,11-12H2,1-4H3,(H2,21,23,25). The van der Waals surface area contributed by atoms with Crippen LogP contribution in [-0.2, 0) is 0 Å². The van der Waals surface area contributed by atoms with E-state index in [1.165, 1.54) is 0 Å². The first kappa shape index (κ1) is 20.5. The molecule has 146 valence electrons. The van der Waals surface area contributed by atoms with Gasteiger partial charge in [0.2, 0.25) is 5.88 Å². The average Bonchev–Trinajstić information content (AvgIpc) is 2.68. The first-order valence-corrected chi connectivity index (χ1v) is 9.11. The molecule has 0 saturated carbocycles. The molecule has 7 heteroatoms. The first-order chi connectivity index (χ1) is 13.0. The molecule has 0 spiro atoms. The number of anilines is 1. The number of methoxy groups -OCH3 is 1. The van der Waals surface area contributed by atoms with Crippen molar-refractivity contribution >= 4 is 11.7 Å². The van der Waals surface area contributed by atoms with Gasteiger partial charge in [0.1, 0.15) is 0 Å². The predicted octanol–water partition coefficient (Wildman–Crippen LogP) is 3.65. The zero-order valence-corrected chi connectivity index (χ0v) is 16.4. The molecule has 0 aliphatic heterocycles. The number of benzene rings is 1. The van der Waals surface area contributed by atoms with Crippen molar-refractivity contribution in [3.05, 3.63) is 42.1 Å². The summed E-state index contributed by atoms with van der Waals surface area (Å²) in [4.78, 5) is 18.4. The maximum absolute atomic E-state index is 11.9. The van der Waals surface area contributed by atoms with Gasteiger partial charge in [-0.15, -0.1) is 0 Å². The van der Waals surface area contributed by atoms with Crippen molar-refractivity contribution in [3.63, 3.8) is 0 Å². The molecular weight excluding hydrogens is 344 g/mol. The summed E-state index contributed by atoms with van der Waals surface area (Å²) in [7, 11) is 1.60.